The van der Waals surface area contributed by atoms with Gasteiger partial charge >= 0.3 is 0 Å². The number of non-ortho nitro benzene ring substituents is 1. The minimum atomic E-state index is -0.471. The van der Waals surface area contributed by atoms with Crippen molar-refractivity contribution in [2.45, 2.75) is 13.5 Å². The number of nitro benzene ring substituents is 1. The summed E-state index contributed by atoms with van der Waals surface area (Å²) in [5, 5.41) is 20.3. The number of nitro groups is 1. The van der Waals surface area contributed by atoms with E-state index in [9.17, 15) is 15.2 Å². The minimum Gasteiger partial charge on any atom is -0.508 e. The summed E-state index contributed by atoms with van der Waals surface area (Å²) in [5.74, 6) is 1.11. The van der Waals surface area contributed by atoms with Crippen molar-refractivity contribution < 1.29 is 19.5 Å². The highest BCUT2D eigenvalue weighted by molar-refractivity contribution is 5.44. The maximum atomic E-state index is 10.8. The summed E-state index contributed by atoms with van der Waals surface area (Å²) in [7, 11) is 1.49. The molecular weight excluding hydrogens is 274 g/mol. The van der Waals surface area contributed by atoms with Crippen molar-refractivity contribution in [1.29, 1.82) is 0 Å². The van der Waals surface area contributed by atoms with Crippen LogP contribution in [0.2, 0.25) is 0 Å². The first kappa shape index (κ1) is 14.6. The standard InChI is InChI=1S/C15H15NO5/c1-10-5-13(17)8-14(6-10)21-9-11-7-12(16(18)19)3-4-15(11)20-2/h3-8,17H,9H2,1-2H3. The maximum absolute atomic E-state index is 10.8. The first-order valence-corrected chi connectivity index (χ1v) is 6.24. The predicted molar refractivity (Wildman–Crippen MR) is 76.8 cm³/mol. The van der Waals surface area contributed by atoms with Crippen LogP contribution < -0.4 is 9.47 Å². The van der Waals surface area contributed by atoms with Gasteiger partial charge in [0.1, 0.15) is 23.9 Å². The molecule has 0 fully saturated rings. The molecule has 110 valence electrons. The second-order valence-corrected chi connectivity index (χ2v) is 4.55. The van der Waals surface area contributed by atoms with E-state index in [0.717, 1.165) is 5.56 Å². The molecule has 2 rings (SSSR count). The average molecular weight is 289 g/mol. The maximum Gasteiger partial charge on any atom is 0.270 e. The number of nitrogens with zero attached hydrogens (tertiary/aromatic N) is 1. The highest BCUT2D eigenvalue weighted by atomic mass is 16.6. The van der Waals surface area contributed by atoms with Gasteiger partial charge in [-0.3, -0.25) is 10.1 Å². The van der Waals surface area contributed by atoms with Crippen LogP contribution in [0.15, 0.2) is 36.4 Å². The molecule has 0 aromatic heterocycles. The fourth-order valence-corrected chi connectivity index (χ4v) is 1.96. The molecule has 21 heavy (non-hydrogen) atoms. The number of hydrogen-bond donors (Lipinski definition) is 1. The van der Waals surface area contributed by atoms with Crippen LogP contribution in [0.25, 0.3) is 0 Å². The largest absolute Gasteiger partial charge is 0.508 e. The topological polar surface area (TPSA) is 81.8 Å². The van der Waals surface area contributed by atoms with Crippen LogP contribution in [0.1, 0.15) is 11.1 Å². The molecule has 0 amide bonds. The van der Waals surface area contributed by atoms with Crippen molar-refractivity contribution in [3.05, 3.63) is 57.6 Å². The average Bonchev–Trinajstić information content (AvgIpc) is 2.43. The molecule has 0 bridgehead atoms. The van der Waals surface area contributed by atoms with Crippen LogP contribution >= 0.6 is 0 Å². The minimum absolute atomic E-state index is 0.0264. The molecule has 6 nitrogen and oxygen atoms in total. The van der Waals surface area contributed by atoms with E-state index in [0.29, 0.717) is 17.1 Å². The zero-order valence-electron chi connectivity index (χ0n) is 11.7. The lowest BCUT2D eigenvalue weighted by molar-refractivity contribution is -0.385. The van der Waals surface area contributed by atoms with Crippen LogP contribution in [0.3, 0.4) is 0 Å². The molecule has 2 aromatic carbocycles. The summed E-state index contributed by atoms with van der Waals surface area (Å²) in [6, 6.07) is 9.18. The van der Waals surface area contributed by atoms with E-state index in [2.05, 4.69) is 0 Å². The van der Waals surface area contributed by atoms with Gasteiger partial charge in [0.05, 0.1) is 12.0 Å². The van der Waals surface area contributed by atoms with Crippen LogP contribution in [-0.4, -0.2) is 17.1 Å². The van der Waals surface area contributed by atoms with Crippen LogP contribution in [0, 0.1) is 17.0 Å². The quantitative estimate of drug-likeness (QED) is 0.675. The second kappa shape index (κ2) is 6.13. The first-order valence-electron chi connectivity index (χ1n) is 6.24. The Balaban J connectivity index is 2.21. The van der Waals surface area contributed by atoms with E-state index in [-0.39, 0.29) is 18.0 Å². The van der Waals surface area contributed by atoms with Gasteiger partial charge in [-0.15, -0.1) is 0 Å². The van der Waals surface area contributed by atoms with E-state index in [1.54, 1.807) is 12.1 Å². The van der Waals surface area contributed by atoms with Crippen molar-refractivity contribution in [2.75, 3.05) is 7.11 Å². The third-order valence-electron chi connectivity index (χ3n) is 2.90. The van der Waals surface area contributed by atoms with Crippen molar-refractivity contribution >= 4 is 5.69 Å². The highest BCUT2D eigenvalue weighted by Crippen LogP contribution is 2.27. The van der Waals surface area contributed by atoms with Gasteiger partial charge < -0.3 is 14.6 Å². The summed E-state index contributed by atoms with van der Waals surface area (Å²) in [6.07, 6.45) is 0. The van der Waals surface area contributed by atoms with E-state index < -0.39 is 4.92 Å². The van der Waals surface area contributed by atoms with Gasteiger partial charge in [0, 0.05) is 23.8 Å². The number of phenolic OH excluding ortho intramolecular Hbond substituents is 1. The van der Waals surface area contributed by atoms with Crippen LogP contribution in [0.4, 0.5) is 5.69 Å². The number of hydrogen-bond acceptors (Lipinski definition) is 5. The fourth-order valence-electron chi connectivity index (χ4n) is 1.96. The summed E-state index contributed by atoms with van der Waals surface area (Å²) in [6.45, 7) is 1.94. The monoisotopic (exact) mass is 289 g/mol. The molecule has 2 aromatic rings. The number of methoxy groups -OCH3 is 1. The number of rotatable bonds is 5. The van der Waals surface area contributed by atoms with Crippen molar-refractivity contribution in [3.8, 4) is 17.2 Å². The van der Waals surface area contributed by atoms with E-state index >= 15 is 0 Å². The van der Waals surface area contributed by atoms with E-state index in [1.165, 1.54) is 31.4 Å². The van der Waals surface area contributed by atoms with Gasteiger partial charge in [-0.1, -0.05) is 0 Å². The number of aromatic hydroxyl groups is 1. The zero-order chi connectivity index (χ0) is 15.4. The van der Waals surface area contributed by atoms with Crippen molar-refractivity contribution in [3.63, 3.8) is 0 Å². The summed E-state index contributed by atoms with van der Waals surface area (Å²) < 4.78 is 10.7. The molecule has 0 aliphatic carbocycles. The third-order valence-corrected chi connectivity index (χ3v) is 2.90. The molecular formula is C15H15NO5. The van der Waals surface area contributed by atoms with Gasteiger partial charge in [0.2, 0.25) is 0 Å². The van der Waals surface area contributed by atoms with Gasteiger partial charge in [0.15, 0.2) is 0 Å². The second-order valence-electron chi connectivity index (χ2n) is 4.55. The Kier molecular flexibility index (Phi) is 4.27. The Morgan fingerprint density at radius 1 is 1.24 bits per heavy atom. The molecule has 0 saturated heterocycles. The number of aryl methyl sites for hydroxylation is 1. The summed E-state index contributed by atoms with van der Waals surface area (Å²) in [5.41, 5.74) is 1.39. The number of benzene rings is 2. The first-order chi connectivity index (χ1) is 9.99. The lowest BCUT2D eigenvalue weighted by Crippen LogP contribution is -2.00. The smallest absolute Gasteiger partial charge is 0.270 e. The highest BCUT2D eigenvalue weighted by Gasteiger charge is 2.12. The molecule has 0 spiro atoms. The molecule has 1 N–H and O–H groups in total. The third kappa shape index (κ3) is 3.62. The molecule has 0 heterocycles. The Hall–Kier alpha value is -2.76. The molecule has 0 radical (unpaired) electrons. The summed E-state index contributed by atoms with van der Waals surface area (Å²) in [4.78, 5) is 10.3. The Morgan fingerprint density at radius 3 is 2.62 bits per heavy atom. The van der Waals surface area contributed by atoms with Gasteiger partial charge in [0.25, 0.3) is 5.69 Å². The Bertz CT molecular complexity index is 649. The Labute approximate surface area is 121 Å². The summed E-state index contributed by atoms with van der Waals surface area (Å²) >= 11 is 0. The Morgan fingerprint density at radius 2 is 2.00 bits per heavy atom. The molecule has 6 heteroatoms. The molecule has 0 aliphatic rings. The lowest BCUT2D eigenvalue weighted by Gasteiger charge is -2.11. The lowest BCUT2D eigenvalue weighted by atomic mass is 10.2. The van der Waals surface area contributed by atoms with Crippen molar-refractivity contribution in [1.82, 2.24) is 0 Å². The number of phenols is 1. The van der Waals surface area contributed by atoms with E-state index in [4.69, 9.17) is 9.47 Å². The van der Waals surface area contributed by atoms with Gasteiger partial charge in [-0.25, -0.2) is 0 Å². The zero-order valence-corrected chi connectivity index (χ0v) is 11.7. The predicted octanol–water partition coefficient (Wildman–Crippen LogP) is 3.20. The van der Waals surface area contributed by atoms with Crippen LogP contribution in [-0.2, 0) is 6.61 Å². The molecule has 0 atom stereocenters. The van der Waals surface area contributed by atoms with Gasteiger partial charge in [-0.05, 0) is 30.7 Å². The molecule has 0 aliphatic heterocycles. The number of ether oxygens (including phenoxy) is 2. The van der Waals surface area contributed by atoms with E-state index in [1.807, 2.05) is 6.92 Å². The normalized spacial score (nSPS) is 10.2. The van der Waals surface area contributed by atoms with Gasteiger partial charge in [-0.2, -0.15) is 0 Å². The molecule has 0 unspecified atom stereocenters. The van der Waals surface area contributed by atoms with Crippen molar-refractivity contribution in [2.24, 2.45) is 0 Å². The SMILES string of the molecule is COc1ccc([N+](=O)[O-])cc1COc1cc(C)cc(O)c1. The fraction of sp³-hybridized carbons (Fsp3) is 0.200. The molecule has 0 saturated carbocycles. The van der Waals surface area contributed by atoms with Crippen LogP contribution in [0.5, 0.6) is 17.2 Å².